The van der Waals surface area contributed by atoms with Crippen LogP contribution in [0.15, 0.2) is 6.20 Å². The van der Waals surface area contributed by atoms with Gasteiger partial charge in [0.05, 0.1) is 5.39 Å². The summed E-state index contributed by atoms with van der Waals surface area (Å²) in [6, 6.07) is 0. The summed E-state index contributed by atoms with van der Waals surface area (Å²) in [5, 5.41) is 19.9. The Morgan fingerprint density at radius 3 is 3.07 bits per heavy atom. The van der Waals surface area contributed by atoms with Crippen LogP contribution in [-0.4, -0.2) is 35.0 Å². The predicted octanol–water partition coefficient (Wildman–Crippen LogP) is -1.01. The van der Waals surface area contributed by atoms with Crippen molar-refractivity contribution in [1.29, 1.82) is 0 Å². The summed E-state index contributed by atoms with van der Waals surface area (Å²) in [7, 11) is 1.81. The Bertz CT molecular complexity index is 619. The van der Waals surface area contributed by atoms with Gasteiger partial charge >= 0.3 is 0 Å². The number of aromatic nitrogens is 7. The molecule has 0 aliphatic carbocycles. The lowest BCUT2D eigenvalue weighted by molar-refractivity contribution is 0.739. The maximum atomic E-state index is 5.69. The maximum Gasteiger partial charge on any atom is 0.211 e. The second kappa shape index (κ2) is 2.16. The molecular weight excluding hydrogens is 184 g/mol. The highest BCUT2D eigenvalue weighted by atomic mass is 15.6. The van der Waals surface area contributed by atoms with E-state index in [1.807, 2.05) is 0 Å². The van der Waals surface area contributed by atoms with Gasteiger partial charge in [-0.2, -0.15) is 5.10 Å². The van der Waals surface area contributed by atoms with Crippen molar-refractivity contribution >= 4 is 22.4 Å². The van der Waals surface area contributed by atoms with Crippen molar-refractivity contribution in [1.82, 2.24) is 35.0 Å². The number of anilines is 1. The molecule has 2 N–H and O–H groups in total. The van der Waals surface area contributed by atoms with Crippen molar-refractivity contribution in [3.8, 4) is 0 Å². The molecule has 0 amide bonds. The van der Waals surface area contributed by atoms with Crippen LogP contribution in [0.1, 0.15) is 0 Å². The number of fused-ring (bicyclic) bond motifs is 3. The van der Waals surface area contributed by atoms with Crippen LogP contribution in [-0.2, 0) is 7.05 Å². The first kappa shape index (κ1) is 7.18. The van der Waals surface area contributed by atoms with Gasteiger partial charge in [0.1, 0.15) is 5.52 Å². The van der Waals surface area contributed by atoms with Gasteiger partial charge < -0.3 is 5.73 Å². The van der Waals surface area contributed by atoms with Crippen molar-refractivity contribution in [2.45, 2.75) is 0 Å². The van der Waals surface area contributed by atoms with E-state index in [4.69, 9.17) is 5.73 Å². The maximum absolute atomic E-state index is 5.69. The molecule has 0 saturated carbocycles. The third-order valence-corrected chi connectivity index (χ3v) is 1.97. The molecule has 0 spiro atoms. The molecule has 0 aliphatic rings. The second-order valence-corrected chi connectivity index (χ2v) is 2.94. The Labute approximate surface area is 77.3 Å². The molecule has 70 valence electrons. The number of tetrazole rings is 1. The van der Waals surface area contributed by atoms with Crippen molar-refractivity contribution in [3.05, 3.63) is 6.20 Å². The summed E-state index contributed by atoms with van der Waals surface area (Å²) in [4.78, 5) is 0. The van der Waals surface area contributed by atoms with Gasteiger partial charge in [0, 0.05) is 13.2 Å². The van der Waals surface area contributed by atoms with Gasteiger partial charge in [-0.05, 0) is 10.4 Å². The molecule has 0 unspecified atom stereocenters. The standard InChI is InChI=1S/C6H6N8/c1-13-2-3-4(9-13)5(7)10-14-6(3)8-11-12-14/h2H,1H3,(H2,7,10). The van der Waals surface area contributed by atoms with Gasteiger partial charge in [0.15, 0.2) is 5.82 Å². The quantitative estimate of drug-likeness (QED) is 0.487. The Kier molecular flexibility index (Phi) is 1.11. The van der Waals surface area contributed by atoms with Crippen LogP contribution in [0.4, 0.5) is 5.82 Å². The van der Waals surface area contributed by atoms with Crippen LogP contribution in [0.3, 0.4) is 0 Å². The minimum Gasteiger partial charge on any atom is -0.380 e. The van der Waals surface area contributed by atoms with E-state index in [0.717, 1.165) is 5.39 Å². The molecule has 3 aromatic heterocycles. The minimum absolute atomic E-state index is 0.320. The molecule has 3 heterocycles. The Morgan fingerprint density at radius 2 is 2.21 bits per heavy atom. The SMILES string of the molecule is Cn1cc2c(n1)c(N)nn1nnnc21. The first-order valence-corrected chi connectivity index (χ1v) is 3.93. The van der Waals surface area contributed by atoms with Crippen molar-refractivity contribution in [2.24, 2.45) is 7.05 Å². The van der Waals surface area contributed by atoms with E-state index in [2.05, 4.69) is 25.7 Å². The number of nitrogens with two attached hydrogens (primary N) is 1. The molecule has 0 aliphatic heterocycles. The molecule has 14 heavy (non-hydrogen) atoms. The molecular formula is C6H6N8. The van der Waals surface area contributed by atoms with Gasteiger partial charge in [-0.25, -0.2) is 0 Å². The number of nitrogen functional groups attached to an aromatic ring is 1. The summed E-state index contributed by atoms with van der Waals surface area (Å²) in [5.41, 5.74) is 6.87. The van der Waals surface area contributed by atoms with E-state index in [0.29, 0.717) is 17.0 Å². The van der Waals surface area contributed by atoms with Crippen LogP contribution in [0.5, 0.6) is 0 Å². The lowest BCUT2D eigenvalue weighted by Crippen LogP contribution is -2.00. The highest BCUT2D eigenvalue weighted by Gasteiger charge is 2.11. The van der Waals surface area contributed by atoms with E-state index < -0.39 is 0 Å². The van der Waals surface area contributed by atoms with Crippen molar-refractivity contribution in [3.63, 3.8) is 0 Å². The number of rotatable bonds is 0. The van der Waals surface area contributed by atoms with Gasteiger partial charge in [0.2, 0.25) is 5.65 Å². The number of hydrogen-bond acceptors (Lipinski definition) is 6. The number of nitrogens with zero attached hydrogens (tertiary/aromatic N) is 7. The van der Waals surface area contributed by atoms with Crippen LogP contribution >= 0.6 is 0 Å². The molecule has 0 saturated heterocycles. The minimum atomic E-state index is 0.320. The van der Waals surface area contributed by atoms with Gasteiger partial charge in [-0.3, -0.25) is 4.68 Å². The average molecular weight is 190 g/mol. The molecule has 0 atom stereocenters. The van der Waals surface area contributed by atoms with Crippen LogP contribution in [0.2, 0.25) is 0 Å². The highest BCUT2D eigenvalue weighted by molar-refractivity contribution is 5.95. The summed E-state index contributed by atoms with van der Waals surface area (Å²) in [6.45, 7) is 0. The summed E-state index contributed by atoms with van der Waals surface area (Å²) in [6.07, 6.45) is 1.80. The Morgan fingerprint density at radius 1 is 1.36 bits per heavy atom. The topological polar surface area (TPSA) is 99.8 Å². The Hall–Kier alpha value is -2.25. The van der Waals surface area contributed by atoms with Gasteiger partial charge in [0.25, 0.3) is 0 Å². The molecule has 3 rings (SSSR count). The molecule has 0 aromatic carbocycles. The van der Waals surface area contributed by atoms with Gasteiger partial charge in [-0.15, -0.1) is 14.8 Å². The fraction of sp³-hybridized carbons (Fsp3) is 0.167. The van der Waals surface area contributed by atoms with Crippen LogP contribution < -0.4 is 5.73 Å². The molecule has 3 aromatic rings. The smallest absolute Gasteiger partial charge is 0.211 e. The lowest BCUT2D eigenvalue weighted by Gasteiger charge is -1.93. The number of aryl methyl sites for hydroxylation is 1. The van der Waals surface area contributed by atoms with E-state index in [-0.39, 0.29) is 0 Å². The fourth-order valence-electron chi connectivity index (χ4n) is 1.40. The van der Waals surface area contributed by atoms with Crippen molar-refractivity contribution in [2.75, 3.05) is 5.73 Å². The van der Waals surface area contributed by atoms with Gasteiger partial charge in [-0.1, -0.05) is 0 Å². The summed E-state index contributed by atoms with van der Waals surface area (Å²) < 4.78 is 2.94. The molecule has 0 radical (unpaired) electrons. The summed E-state index contributed by atoms with van der Waals surface area (Å²) in [5.74, 6) is 0.320. The van der Waals surface area contributed by atoms with E-state index in [1.165, 1.54) is 4.63 Å². The first-order chi connectivity index (χ1) is 6.75. The largest absolute Gasteiger partial charge is 0.380 e. The van der Waals surface area contributed by atoms with Crippen LogP contribution in [0, 0.1) is 0 Å². The average Bonchev–Trinajstić information content (AvgIpc) is 2.69. The second-order valence-electron chi connectivity index (χ2n) is 2.94. The highest BCUT2D eigenvalue weighted by Crippen LogP contribution is 2.18. The Balaban J connectivity index is 2.65. The zero-order chi connectivity index (χ0) is 9.71. The lowest BCUT2D eigenvalue weighted by atomic mass is 10.3. The normalized spacial score (nSPS) is 11.5. The fourth-order valence-corrected chi connectivity index (χ4v) is 1.40. The molecule has 0 bridgehead atoms. The third-order valence-electron chi connectivity index (χ3n) is 1.97. The molecule has 8 heteroatoms. The first-order valence-electron chi connectivity index (χ1n) is 3.93. The van der Waals surface area contributed by atoms with E-state index in [9.17, 15) is 0 Å². The van der Waals surface area contributed by atoms with Crippen LogP contribution in [0.25, 0.3) is 16.6 Å². The van der Waals surface area contributed by atoms with E-state index >= 15 is 0 Å². The number of hydrogen-bond donors (Lipinski definition) is 1. The zero-order valence-corrected chi connectivity index (χ0v) is 7.29. The monoisotopic (exact) mass is 190 g/mol. The zero-order valence-electron chi connectivity index (χ0n) is 7.29. The molecule has 0 fully saturated rings. The molecule has 8 nitrogen and oxygen atoms in total. The third kappa shape index (κ3) is 0.741. The predicted molar refractivity (Wildman–Crippen MR) is 47.3 cm³/mol. The van der Waals surface area contributed by atoms with E-state index in [1.54, 1.807) is 17.9 Å². The summed E-state index contributed by atoms with van der Waals surface area (Å²) >= 11 is 0. The van der Waals surface area contributed by atoms with Crippen molar-refractivity contribution < 1.29 is 0 Å².